The van der Waals surface area contributed by atoms with Crippen LogP contribution < -0.4 is 4.74 Å². The van der Waals surface area contributed by atoms with Gasteiger partial charge in [-0.05, 0) is 23.8 Å². The lowest BCUT2D eigenvalue weighted by molar-refractivity contribution is -0.134. The van der Waals surface area contributed by atoms with E-state index >= 15 is 0 Å². The van der Waals surface area contributed by atoms with Gasteiger partial charge in [-0.2, -0.15) is 0 Å². The molecule has 2 aliphatic rings. The van der Waals surface area contributed by atoms with Crippen molar-refractivity contribution in [2.75, 3.05) is 13.1 Å². The van der Waals surface area contributed by atoms with Crippen molar-refractivity contribution in [3.05, 3.63) is 23.9 Å². The third kappa shape index (κ3) is 3.60. The Morgan fingerprint density at radius 3 is 2.36 bits per heavy atom. The highest BCUT2D eigenvalue weighted by Gasteiger charge is 2.35. The van der Waals surface area contributed by atoms with Crippen molar-refractivity contribution in [1.29, 1.82) is 0 Å². The molecule has 2 heterocycles. The number of hydrogen-bond donors (Lipinski definition) is 0. The van der Waals surface area contributed by atoms with Crippen LogP contribution in [0.4, 0.5) is 0 Å². The van der Waals surface area contributed by atoms with Gasteiger partial charge in [0.25, 0.3) is 0 Å². The number of piperidine rings is 1. The summed E-state index contributed by atoms with van der Waals surface area (Å²) >= 11 is 0. The highest BCUT2D eigenvalue weighted by molar-refractivity contribution is 5.81. The van der Waals surface area contributed by atoms with Crippen LogP contribution in [0.2, 0.25) is 0 Å². The molecule has 0 unspecified atom stereocenters. The van der Waals surface area contributed by atoms with Crippen LogP contribution in [0.5, 0.6) is 5.88 Å². The van der Waals surface area contributed by atoms with E-state index in [9.17, 15) is 4.79 Å². The summed E-state index contributed by atoms with van der Waals surface area (Å²) in [5, 5.41) is 0. The van der Waals surface area contributed by atoms with Gasteiger partial charge in [-0.3, -0.25) is 4.79 Å². The van der Waals surface area contributed by atoms with Crippen molar-refractivity contribution >= 4 is 5.91 Å². The van der Waals surface area contributed by atoms with Crippen molar-refractivity contribution in [2.24, 2.45) is 5.92 Å². The summed E-state index contributed by atoms with van der Waals surface area (Å²) in [7, 11) is 0. The van der Waals surface area contributed by atoms with Crippen LogP contribution in [0, 0.1) is 5.92 Å². The Kier molecular flexibility index (Phi) is 4.11. The summed E-state index contributed by atoms with van der Waals surface area (Å²) in [5.74, 6) is 1.37. The van der Waals surface area contributed by atoms with Crippen LogP contribution in [0.25, 0.3) is 0 Å². The standard InChI is InChI=1S/C18H26N2O2/c1-18(2,3)14-6-7-16(19-12-14)22-15-8-10-20(11-9-15)17(21)13-4-5-13/h6-7,12-13,15H,4-5,8-11H2,1-3H3. The van der Waals surface area contributed by atoms with Gasteiger partial charge in [0.05, 0.1) is 0 Å². The molecule has 4 heteroatoms. The molecule has 3 rings (SSSR count). The van der Waals surface area contributed by atoms with E-state index < -0.39 is 0 Å². The molecule has 1 aliphatic heterocycles. The zero-order valence-corrected chi connectivity index (χ0v) is 13.8. The SMILES string of the molecule is CC(C)(C)c1ccc(OC2CCN(C(=O)C3CC3)CC2)nc1. The van der Waals surface area contributed by atoms with Gasteiger partial charge in [0.15, 0.2) is 0 Å². The van der Waals surface area contributed by atoms with Crippen LogP contribution in [-0.2, 0) is 10.2 Å². The number of pyridine rings is 1. The van der Waals surface area contributed by atoms with Crippen molar-refractivity contribution in [1.82, 2.24) is 9.88 Å². The van der Waals surface area contributed by atoms with Gasteiger partial charge in [0, 0.05) is 44.1 Å². The van der Waals surface area contributed by atoms with Crippen LogP contribution in [0.3, 0.4) is 0 Å². The third-order valence-electron chi connectivity index (χ3n) is 4.57. The maximum atomic E-state index is 12.0. The van der Waals surface area contributed by atoms with E-state index in [2.05, 4.69) is 31.8 Å². The van der Waals surface area contributed by atoms with Crippen molar-refractivity contribution in [3.63, 3.8) is 0 Å². The molecule has 0 N–H and O–H groups in total. The number of amides is 1. The van der Waals surface area contributed by atoms with E-state index in [1.54, 1.807) is 0 Å². The molecule has 0 spiro atoms. The fraction of sp³-hybridized carbons (Fsp3) is 0.667. The Hall–Kier alpha value is -1.58. The number of carbonyl (C=O) groups excluding carboxylic acids is 1. The van der Waals surface area contributed by atoms with Crippen LogP contribution in [0.1, 0.15) is 52.0 Å². The molecule has 22 heavy (non-hydrogen) atoms. The summed E-state index contributed by atoms with van der Waals surface area (Å²) < 4.78 is 5.98. The summed E-state index contributed by atoms with van der Waals surface area (Å²) in [6, 6.07) is 4.05. The fourth-order valence-electron chi connectivity index (χ4n) is 2.85. The van der Waals surface area contributed by atoms with Gasteiger partial charge in [-0.15, -0.1) is 0 Å². The number of carbonyl (C=O) groups is 1. The Morgan fingerprint density at radius 2 is 1.86 bits per heavy atom. The molecule has 1 aliphatic carbocycles. The minimum absolute atomic E-state index is 0.111. The monoisotopic (exact) mass is 302 g/mol. The largest absolute Gasteiger partial charge is 0.474 e. The van der Waals surface area contributed by atoms with E-state index in [4.69, 9.17) is 4.74 Å². The van der Waals surface area contributed by atoms with E-state index in [-0.39, 0.29) is 11.5 Å². The van der Waals surface area contributed by atoms with Gasteiger partial charge in [0.2, 0.25) is 11.8 Å². The second-order valence-electron chi connectivity index (χ2n) is 7.55. The smallest absolute Gasteiger partial charge is 0.225 e. The van der Waals surface area contributed by atoms with Crippen LogP contribution in [0.15, 0.2) is 18.3 Å². The van der Waals surface area contributed by atoms with E-state index in [1.807, 2.05) is 17.2 Å². The van der Waals surface area contributed by atoms with Gasteiger partial charge in [-0.25, -0.2) is 4.98 Å². The number of ether oxygens (including phenoxy) is 1. The third-order valence-corrected chi connectivity index (χ3v) is 4.57. The molecule has 0 radical (unpaired) electrons. The zero-order valence-electron chi connectivity index (χ0n) is 13.8. The highest BCUT2D eigenvalue weighted by Crippen LogP contribution is 2.32. The fourth-order valence-corrected chi connectivity index (χ4v) is 2.85. The molecule has 2 fully saturated rings. The second-order valence-corrected chi connectivity index (χ2v) is 7.55. The minimum atomic E-state index is 0.111. The zero-order chi connectivity index (χ0) is 15.7. The molecule has 0 atom stereocenters. The first kappa shape index (κ1) is 15.3. The first-order valence-electron chi connectivity index (χ1n) is 8.35. The topological polar surface area (TPSA) is 42.4 Å². The lowest BCUT2D eigenvalue weighted by atomic mass is 9.88. The molecule has 1 aromatic heterocycles. The number of aromatic nitrogens is 1. The maximum absolute atomic E-state index is 12.0. The Balaban J connectivity index is 1.51. The Morgan fingerprint density at radius 1 is 1.18 bits per heavy atom. The number of hydrogen-bond acceptors (Lipinski definition) is 3. The number of nitrogens with zero attached hydrogens (tertiary/aromatic N) is 2. The van der Waals surface area contributed by atoms with Gasteiger partial charge in [0.1, 0.15) is 6.10 Å². The second kappa shape index (κ2) is 5.90. The molecule has 1 amide bonds. The van der Waals surface area contributed by atoms with Crippen molar-refractivity contribution in [3.8, 4) is 5.88 Å². The number of likely N-dealkylation sites (tertiary alicyclic amines) is 1. The first-order valence-corrected chi connectivity index (χ1v) is 8.35. The van der Waals surface area contributed by atoms with E-state index in [1.165, 1.54) is 5.56 Å². The molecule has 1 aromatic rings. The van der Waals surface area contributed by atoms with E-state index in [0.29, 0.717) is 17.7 Å². The highest BCUT2D eigenvalue weighted by atomic mass is 16.5. The summed E-state index contributed by atoms with van der Waals surface area (Å²) in [6.45, 7) is 8.17. The molecular weight excluding hydrogens is 276 g/mol. The van der Waals surface area contributed by atoms with E-state index in [0.717, 1.165) is 38.8 Å². The molecule has 1 saturated heterocycles. The Bertz CT molecular complexity index is 521. The quantitative estimate of drug-likeness (QED) is 0.861. The molecule has 0 aromatic carbocycles. The van der Waals surface area contributed by atoms with Gasteiger partial charge in [-0.1, -0.05) is 26.8 Å². The predicted molar refractivity (Wildman–Crippen MR) is 85.9 cm³/mol. The number of rotatable bonds is 3. The average molecular weight is 302 g/mol. The van der Waals surface area contributed by atoms with Crippen LogP contribution in [-0.4, -0.2) is 35.0 Å². The van der Waals surface area contributed by atoms with Gasteiger partial charge < -0.3 is 9.64 Å². The van der Waals surface area contributed by atoms with Crippen LogP contribution >= 0.6 is 0 Å². The predicted octanol–water partition coefficient (Wildman–Crippen LogP) is 3.16. The average Bonchev–Trinajstić information content (AvgIpc) is 3.32. The summed E-state index contributed by atoms with van der Waals surface area (Å²) in [5.41, 5.74) is 1.32. The lowest BCUT2D eigenvalue weighted by Crippen LogP contribution is -2.42. The van der Waals surface area contributed by atoms with Gasteiger partial charge >= 0.3 is 0 Å². The van der Waals surface area contributed by atoms with Crippen molar-refractivity contribution in [2.45, 2.75) is 58.0 Å². The molecular formula is C18H26N2O2. The maximum Gasteiger partial charge on any atom is 0.225 e. The normalized spacial score (nSPS) is 20.0. The first-order chi connectivity index (χ1) is 10.4. The molecule has 0 bridgehead atoms. The minimum Gasteiger partial charge on any atom is -0.474 e. The molecule has 1 saturated carbocycles. The summed E-state index contributed by atoms with van der Waals surface area (Å²) in [6.07, 6.45) is 6.05. The Labute approximate surface area is 132 Å². The molecule has 4 nitrogen and oxygen atoms in total. The molecule has 120 valence electrons. The lowest BCUT2D eigenvalue weighted by Gasteiger charge is -2.32. The summed E-state index contributed by atoms with van der Waals surface area (Å²) in [4.78, 5) is 18.5. The van der Waals surface area contributed by atoms with Crippen molar-refractivity contribution < 1.29 is 9.53 Å².